The lowest BCUT2D eigenvalue weighted by Crippen LogP contribution is -2.09. The molecular formula is C18H16N2O5S. The second kappa shape index (κ2) is 7.09. The van der Waals surface area contributed by atoms with E-state index in [1.165, 1.54) is 6.07 Å². The first-order valence-corrected chi connectivity index (χ1v) is 9.76. The maximum absolute atomic E-state index is 12.3. The van der Waals surface area contributed by atoms with Gasteiger partial charge in [-0.05, 0) is 42.0 Å². The first kappa shape index (κ1) is 17.8. The third kappa shape index (κ3) is 4.54. The Balaban J connectivity index is 1.73. The van der Waals surface area contributed by atoms with Crippen molar-refractivity contribution in [2.45, 2.75) is 12.7 Å². The van der Waals surface area contributed by atoms with E-state index in [-0.39, 0.29) is 11.3 Å². The molecule has 0 aliphatic heterocycles. The van der Waals surface area contributed by atoms with E-state index in [0.29, 0.717) is 23.0 Å². The summed E-state index contributed by atoms with van der Waals surface area (Å²) in [5, 5.41) is 3.82. The van der Waals surface area contributed by atoms with Gasteiger partial charge in [0.15, 0.2) is 9.84 Å². The van der Waals surface area contributed by atoms with Crippen molar-refractivity contribution in [1.82, 2.24) is 10.1 Å². The third-order valence-electron chi connectivity index (χ3n) is 3.44. The van der Waals surface area contributed by atoms with Gasteiger partial charge >= 0.3 is 5.97 Å². The van der Waals surface area contributed by atoms with Crippen LogP contribution in [-0.2, 0) is 15.6 Å². The van der Waals surface area contributed by atoms with Crippen LogP contribution in [-0.4, -0.2) is 30.8 Å². The van der Waals surface area contributed by atoms with Crippen LogP contribution in [0.2, 0.25) is 0 Å². The van der Waals surface area contributed by atoms with Crippen LogP contribution in [0, 0.1) is 6.92 Å². The highest BCUT2D eigenvalue weighted by Crippen LogP contribution is 2.21. The van der Waals surface area contributed by atoms with Crippen molar-refractivity contribution in [3.63, 3.8) is 0 Å². The summed E-state index contributed by atoms with van der Waals surface area (Å²) in [5.41, 5.74) is 1.55. The largest absolute Gasteiger partial charge is 0.423 e. The van der Waals surface area contributed by atoms with Crippen molar-refractivity contribution in [3.8, 4) is 17.1 Å². The highest BCUT2D eigenvalue weighted by Gasteiger charge is 2.12. The van der Waals surface area contributed by atoms with Gasteiger partial charge in [-0.15, -0.1) is 0 Å². The quantitative estimate of drug-likeness (QED) is 0.501. The van der Waals surface area contributed by atoms with Crippen molar-refractivity contribution < 1.29 is 22.5 Å². The highest BCUT2D eigenvalue weighted by atomic mass is 32.2. The van der Waals surface area contributed by atoms with Crippen molar-refractivity contribution in [2.24, 2.45) is 0 Å². The zero-order chi connectivity index (χ0) is 18.7. The number of sulfone groups is 1. The van der Waals surface area contributed by atoms with Crippen LogP contribution < -0.4 is 4.74 Å². The summed E-state index contributed by atoms with van der Waals surface area (Å²) in [7, 11) is -3.18. The molecule has 0 saturated carbocycles. The average molecular weight is 372 g/mol. The number of hydrogen-bond acceptors (Lipinski definition) is 7. The molecular weight excluding hydrogens is 356 g/mol. The highest BCUT2D eigenvalue weighted by molar-refractivity contribution is 7.89. The number of carbonyl (C=O) groups excluding carboxylic acids is 1. The lowest BCUT2D eigenvalue weighted by Gasteiger charge is -2.06. The molecule has 0 atom stereocenters. The molecule has 0 radical (unpaired) electrons. The molecule has 0 amide bonds. The van der Waals surface area contributed by atoms with E-state index in [2.05, 4.69) is 10.1 Å². The molecule has 2 aromatic carbocycles. The topological polar surface area (TPSA) is 99.4 Å². The van der Waals surface area contributed by atoms with Gasteiger partial charge in [-0.2, -0.15) is 4.98 Å². The van der Waals surface area contributed by atoms with E-state index in [0.717, 1.165) is 11.8 Å². The van der Waals surface area contributed by atoms with Gasteiger partial charge in [0.2, 0.25) is 11.7 Å². The van der Waals surface area contributed by atoms with Gasteiger partial charge in [0.1, 0.15) is 5.75 Å². The first-order chi connectivity index (χ1) is 12.3. The molecule has 0 aliphatic rings. The number of carbonyl (C=O) groups is 1. The van der Waals surface area contributed by atoms with Crippen LogP contribution in [0.3, 0.4) is 0 Å². The minimum absolute atomic E-state index is 0.132. The van der Waals surface area contributed by atoms with E-state index < -0.39 is 15.8 Å². The molecule has 134 valence electrons. The minimum atomic E-state index is -3.18. The fraction of sp³-hybridized carbons (Fsp3) is 0.167. The molecule has 0 saturated heterocycles. The Morgan fingerprint density at radius 2 is 1.88 bits per heavy atom. The fourth-order valence-corrected chi connectivity index (χ4v) is 3.13. The van der Waals surface area contributed by atoms with Gasteiger partial charge in [0.05, 0.1) is 11.3 Å². The zero-order valence-corrected chi connectivity index (χ0v) is 15.0. The molecule has 0 aliphatic carbocycles. The number of esters is 1. The van der Waals surface area contributed by atoms with Crippen LogP contribution in [0.15, 0.2) is 53.1 Å². The number of aryl methyl sites for hydroxylation is 1. The van der Waals surface area contributed by atoms with Gasteiger partial charge in [0.25, 0.3) is 0 Å². The summed E-state index contributed by atoms with van der Waals surface area (Å²) < 4.78 is 33.0. The number of rotatable bonds is 5. The molecule has 26 heavy (non-hydrogen) atoms. The lowest BCUT2D eigenvalue weighted by atomic mass is 10.1. The van der Waals surface area contributed by atoms with E-state index in [1.807, 2.05) is 0 Å². The molecule has 0 unspecified atom stereocenters. The molecule has 0 spiro atoms. The van der Waals surface area contributed by atoms with Gasteiger partial charge in [0, 0.05) is 18.7 Å². The Morgan fingerprint density at radius 1 is 1.15 bits per heavy atom. The second-order valence-corrected chi connectivity index (χ2v) is 7.96. The van der Waals surface area contributed by atoms with E-state index in [9.17, 15) is 13.2 Å². The Bertz CT molecular complexity index is 1040. The van der Waals surface area contributed by atoms with Crippen molar-refractivity contribution in [3.05, 3.63) is 65.5 Å². The molecule has 0 fully saturated rings. The number of nitrogens with zero attached hydrogens (tertiary/aromatic N) is 2. The SMILES string of the molecule is Cc1nc(-c2ccc(OC(=O)c3cccc(CS(C)(=O)=O)c3)cc2)no1. The Hall–Kier alpha value is -3.00. The predicted octanol–water partition coefficient (Wildman–Crippen LogP) is 2.81. The molecule has 0 N–H and O–H groups in total. The van der Waals surface area contributed by atoms with Gasteiger partial charge in [-0.25, -0.2) is 13.2 Å². The molecule has 3 rings (SSSR count). The first-order valence-electron chi connectivity index (χ1n) is 7.70. The average Bonchev–Trinajstić information content (AvgIpc) is 3.01. The smallest absolute Gasteiger partial charge is 0.343 e. The van der Waals surface area contributed by atoms with Crippen LogP contribution in [0.4, 0.5) is 0 Å². The summed E-state index contributed by atoms with van der Waals surface area (Å²) in [5.74, 6) is 0.571. The fourth-order valence-electron chi connectivity index (χ4n) is 2.35. The standard InChI is InChI=1S/C18H16N2O5S/c1-12-19-17(20-25-12)14-6-8-16(9-7-14)24-18(21)15-5-3-4-13(10-15)11-26(2,22)23/h3-10H,11H2,1-2H3. The Labute approximate surface area is 150 Å². The summed E-state index contributed by atoms with van der Waals surface area (Å²) in [4.78, 5) is 16.4. The van der Waals surface area contributed by atoms with E-state index >= 15 is 0 Å². The summed E-state index contributed by atoms with van der Waals surface area (Å²) in [6, 6.07) is 13.0. The predicted molar refractivity (Wildman–Crippen MR) is 94.4 cm³/mol. The Kier molecular flexibility index (Phi) is 4.85. The summed E-state index contributed by atoms with van der Waals surface area (Å²) >= 11 is 0. The van der Waals surface area contributed by atoms with Crippen LogP contribution in [0.1, 0.15) is 21.8 Å². The van der Waals surface area contributed by atoms with Crippen LogP contribution in [0.5, 0.6) is 5.75 Å². The van der Waals surface area contributed by atoms with Crippen LogP contribution >= 0.6 is 0 Å². The number of aromatic nitrogens is 2. The zero-order valence-electron chi connectivity index (χ0n) is 14.2. The number of hydrogen-bond donors (Lipinski definition) is 0. The molecule has 7 nitrogen and oxygen atoms in total. The van der Waals surface area contributed by atoms with Crippen molar-refractivity contribution in [2.75, 3.05) is 6.26 Å². The van der Waals surface area contributed by atoms with E-state index in [4.69, 9.17) is 9.26 Å². The van der Waals surface area contributed by atoms with Crippen molar-refractivity contribution >= 4 is 15.8 Å². The molecule has 1 heterocycles. The monoisotopic (exact) mass is 372 g/mol. The normalized spacial score (nSPS) is 11.3. The van der Waals surface area contributed by atoms with Crippen LogP contribution in [0.25, 0.3) is 11.4 Å². The molecule has 0 bridgehead atoms. The molecule has 1 aromatic heterocycles. The maximum atomic E-state index is 12.3. The maximum Gasteiger partial charge on any atom is 0.343 e. The van der Waals surface area contributed by atoms with E-state index in [1.54, 1.807) is 49.4 Å². The third-order valence-corrected chi connectivity index (χ3v) is 4.30. The van der Waals surface area contributed by atoms with Gasteiger partial charge in [-0.3, -0.25) is 0 Å². The summed E-state index contributed by atoms with van der Waals surface area (Å²) in [6.45, 7) is 1.70. The van der Waals surface area contributed by atoms with Gasteiger partial charge in [-0.1, -0.05) is 17.3 Å². The minimum Gasteiger partial charge on any atom is -0.423 e. The molecule has 3 aromatic rings. The second-order valence-electron chi connectivity index (χ2n) is 5.82. The van der Waals surface area contributed by atoms with Crippen molar-refractivity contribution in [1.29, 1.82) is 0 Å². The number of ether oxygens (including phenoxy) is 1. The van der Waals surface area contributed by atoms with Gasteiger partial charge < -0.3 is 9.26 Å². The summed E-state index contributed by atoms with van der Waals surface area (Å²) in [6.07, 6.45) is 1.14. The Morgan fingerprint density at radius 3 is 2.50 bits per heavy atom. The lowest BCUT2D eigenvalue weighted by molar-refractivity contribution is 0.0734. The number of benzene rings is 2. The molecule has 8 heteroatoms.